The van der Waals surface area contributed by atoms with E-state index in [1.807, 2.05) is 0 Å². The van der Waals surface area contributed by atoms with Gasteiger partial charge in [-0.25, -0.2) is 4.79 Å². The maximum absolute atomic E-state index is 12.5. The lowest BCUT2D eigenvalue weighted by Gasteiger charge is -2.27. The van der Waals surface area contributed by atoms with Gasteiger partial charge in [0.1, 0.15) is 6.04 Å². The Labute approximate surface area is 154 Å². The zero-order valence-electron chi connectivity index (χ0n) is 15.2. The number of hydrogen-bond acceptors (Lipinski definition) is 5. The van der Waals surface area contributed by atoms with Crippen LogP contribution < -0.4 is 0 Å². The molecule has 1 N–H and O–H groups in total. The van der Waals surface area contributed by atoms with Crippen molar-refractivity contribution in [1.29, 1.82) is 0 Å². The van der Waals surface area contributed by atoms with E-state index in [1.165, 1.54) is 6.08 Å². The molecule has 7 heteroatoms. The lowest BCUT2D eigenvalue weighted by atomic mass is 10.1. The molecule has 7 nitrogen and oxygen atoms in total. The summed E-state index contributed by atoms with van der Waals surface area (Å²) in [4.78, 5) is 49.2. The van der Waals surface area contributed by atoms with Crippen LogP contribution in [0.1, 0.15) is 51.9 Å². The predicted octanol–water partition coefficient (Wildman–Crippen LogP) is 2.97. The van der Waals surface area contributed by atoms with E-state index in [0.29, 0.717) is 25.7 Å². The van der Waals surface area contributed by atoms with Gasteiger partial charge >= 0.3 is 11.9 Å². The number of carboxylic acid groups (broad SMARTS) is 1. The molecule has 0 aromatic carbocycles. The Morgan fingerprint density at radius 1 is 1.04 bits per heavy atom. The van der Waals surface area contributed by atoms with Crippen molar-refractivity contribution in [3.8, 4) is 0 Å². The molecule has 2 amide bonds. The number of unbranched alkanes of at least 4 members (excludes halogenated alkanes) is 2. The van der Waals surface area contributed by atoms with Crippen molar-refractivity contribution in [2.45, 2.75) is 57.9 Å². The Hall–Kier alpha value is -2.70. The summed E-state index contributed by atoms with van der Waals surface area (Å²) < 4.78 is 4.83. The summed E-state index contributed by atoms with van der Waals surface area (Å²) in [6.07, 6.45) is 7.13. The molecule has 144 valence electrons. The van der Waals surface area contributed by atoms with E-state index in [1.54, 1.807) is 19.1 Å². The molecule has 0 aromatic heterocycles. The van der Waals surface area contributed by atoms with Crippen LogP contribution in [0.3, 0.4) is 0 Å². The average Bonchev–Trinajstić information content (AvgIpc) is 2.59. The normalized spacial score (nSPS) is 11.6. The SMILES string of the molecule is C=CCCCC(=O)N(C(=O)CCCC=C)C(CC(=O)O)C(=O)O/C=C/C. The van der Waals surface area contributed by atoms with Gasteiger partial charge in [0, 0.05) is 12.8 Å². The molecule has 1 unspecified atom stereocenters. The van der Waals surface area contributed by atoms with Crippen LogP contribution >= 0.6 is 0 Å². The second-order valence-electron chi connectivity index (χ2n) is 5.54. The van der Waals surface area contributed by atoms with Crippen LogP contribution in [-0.4, -0.2) is 39.8 Å². The zero-order valence-corrected chi connectivity index (χ0v) is 15.2. The van der Waals surface area contributed by atoms with Crippen molar-refractivity contribution in [2.24, 2.45) is 0 Å². The van der Waals surface area contributed by atoms with E-state index in [0.717, 1.165) is 11.2 Å². The van der Waals surface area contributed by atoms with Gasteiger partial charge in [0.15, 0.2) is 0 Å². The topological polar surface area (TPSA) is 101 Å². The number of rotatable bonds is 13. The summed E-state index contributed by atoms with van der Waals surface area (Å²) in [5, 5.41) is 9.10. The number of carboxylic acids is 1. The van der Waals surface area contributed by atoms with Crippen molar-refractivity contribution in [2.75, 3.05) is 0 Å². The molecule has 0 aliphatic heterocycles. The molecular weight excluding hydrogens is 338 g/mol. The number of allylic oxidation sites excluding steroid dienone is 3. The predicted molar refractivity (Wildman–Crippen MR) is 96.9 cm³/mol. The quantitative estimate of drug-likeness (QED) is 0.233. The minimum atomic E-state index is -1.50. The van der Waals surface area contributed by atoms with Crippen molar-refractivity contribution >= 4 is 23.8 Å². The molecule has 0 rings (SSSR count). The number of aliphatic carboxylic acids is 1. The standard InChI is InChI=1S/C19H27NO6/c1-4-7-9-11-16(21)20(17(22)12-10-8-5-2)15(14-18(23)24)19(25)26-13-6-3/h4-6,13,15H,1-2,7-12,14H2,3H3,(H,23,24)/b13-6+. The summed E-state index contributed by atoms with van der Waals surface area (Å²) in [5.41, 5.74) is 0. The van der Waals surface area contributed by atoms with E-state index in [2.05, 4.69) is 13.2 Å². The monoisotopic (exact) mass is 365 g/mol. The molecule has 0 aliphatic carbocycles. The summed E-state index contributed by atoms with van der Waals surface area (Å²) >= 11 is 0. The van der Waals surface area contributed by atoms with E-state index in [9.17, 15) is 19.2 Å². The summed E-state index contributed by atoms with van der Waals surface area (Å²) in [7, 11) is 0. The lowest BCUT2D eigenvalue weighted by molar-refractivity contribution is -0.161. The Morgan fingerprint density at radius 3 is 1.92 bits per heavy atom. The third-order valence-electron chi connectivity index (χ3n) is 3.41. The van der Waals surface area contributed by atoms with Gasteiger partial charge < -0.3 is 9.84 Å². The first kappa shape index (κ1) is 23.3. The first-order valence-corrected chi connectivity index (χ1v) is 8.49. The van der Waals surface area contributed by atoms with Crippen molar-refractivity contribution in [3.05, 3.63) is 37.6 Å². The highest BCUT2D eigenvalue weighted by atomic mass is 16.5. The number of amides is 2. The van der Waals surface area contributed by atoms with Gasteiger partial charge in [-0.2, -0.15) is 0 Å². The van der Waals surface area contributed by atoms with Gasteiger partial charge in [-0.15, -0.1) is 13.2 Å². The molecule has 0 heterocycles. The molecular formula is C19H27NO6. The van der Waals surface area contributed by atoms with Gasteiger partial charge in [0.25, 0.3) is 0 Å². The Morgan fingerprint density at radius 2 is 1.54 bits per heavy atom. The van der Waals surface area contributed by atoms with E-state index in [-0.39, 0.29) is 12.8 Å². The van der Waals surface area contributed by atoms with Crippen molar-refractivity contribution in [3.63, 3.8) is 0 Å². The molecule has 0 saturated carbocycles. The average molecular weight is 365 g/mol. The molecule has 1 atom stereocenters. The third-order valence-corrected chi connectivity index (χ3v) is 3.41. The minimum Gasteiger partial charge on any atom is -0.481 e. The third kappa shape index (κ3) is 8.96. The smallest absolute Gasteiger partial charge is 0.334 e. The molecule has 0 saturated heterocycles. The van der Waals surface area contributed by atoms with Crippen LogP contribution in [0.25, 0.3) is 0 Å². The molecule has 0 radical (unpaired) electrons. The van der Waals surface area contributed by atoms with E-state index < -0.39 is 36.2 Å². The van der Waals surface area contributed by atoms with Crippen LogP contribution in [-0.2, 0) is 23.9 Å². The highest BCUT2D eigenvalue weighted by Gasteiger charge is 2.36. The molecule has 0 bridgehead atoms. The maximum Gasteiger partial charge on any atom is 0.334 e. The van der Waals surface area contributed by atoms with Crippen LogP contribution in [0.5, 0.6) is 0 Å². The van der Waals surface area contributed by atoms with Crippen molar-refractivity contribution in [1.82, 2.24) is 4.90 Å². The van der Waals surface area contributed by atoms with Crippen LogP contribution in [0.2, 0.25) is 0 Å². The van der Waals surface area contributed by atoms with Gasteiger partial charge in [0.2, 0.25) is 11.8 Å². The van der Waals surface area contributed by atoms with Gasteiger partial charge in [-0.05, 0) is 32.6 Å². The maximum atomic E-state index is 12.5. The van der Waals surface area contributed by atoms with Gasteiger partial charge in [-0.1, -0.05) is 18.2 Å². The first-order valence-electron chi connectivity index (χ1n) is 8.49. The second-order valence-corrected chi connectivity index (χ2v) is 5.54. The molecule has 26 heavy (non-hydrogen) atoms. The highest BCUT2D eigenvalue weighted by Crippen LogP contribution is 2.15. The fraction of sp³-hybridized carbons (Fsp3) is 0.474. The number of imide groups is 1. The number of carbonyl (C=O) groups is 4. The van der Waals surface area contributed by atoms with Crippen LogP contribution in [0.15, 0.2) is 37.6 Å². The number of ether oxygens (including phenoxy) is 1. The Kier molecular flexibility index (Phi) is 12.2. The molecule has 0 spiro atoms. The summed E-state index contributed by atoms with van der Waals surface area (Å²) in [6, 6.07) is -1.50. The fourth-order valence-corrected chi connectivity index (χ4v) is 2.18. The number of hydrogen-bond donors (Lipinski definition) is 1. The Bertz CT molecular complexity index is 526. The van der Waals surface area contributed by atoms with Crippen LogP contribution in [0.4, 0.5) is 0 Å². The number of carbonyl (C=O) groups excluding carboxylic acids is 3. The summed E-state index contributed by atoms with van der Waals surface area (Å²) in [5.74, 6) is -3.46. The first-order chi connectivity index (χ1) is 12.4. The number of nitrogens with zero attached hydrogens (tertiary/aromatic N) is 1. The minimum absolute atomic E-state index is 0.00618. The van der Waals surface area contributed by atoms with Gasteiger partial charge in [-0.3, -0.25) is 19.3 Å². The molecule has 0 fully saturated rings. The van der Waals surface area contributed by atoms with E-state index in [4.69, 9.17) is 9.84 Å². The lowest BCUT2D eigenvalue weighted by Crippen LogP contribution is -2.50. The van der Waals surface area contributed by atoms with Crippen LogP contribution in [0, 0.1) is 0 Å². The van der Waals surface area contributed by atoms with E-state index >= 15 is 0 Å². The fourth-order valence-electron chi connectivity index (χ4n) is 2.18. The van der Waals surface area contributed by atoms with Gasteiger partial charge in [0.05, 0.1) is 12.7 Å². The second kappa shape index (κ2) is 13.6. The van der Waals surface area contributed by atoms with Crippen molar-refractivity contribution < 1.29 is 29.0 Å². The highest BCUT2D eigenvalue weighted by molar-refractivity contribution is 6.00. The molecule has 0 aliphatic rings. The Balaban J connectivity index is 5.52. The molecule has 0 aromatic rings. The summed E-state index contributed by atoms with van der Waals surface area (Å²) in [6.45, 7) is 8.74. The largest absolute Gasteiger partial charge is 0.481 e. The zero-order chi connectivity index (χ0) is 19.9. The number of esters is 1.